The van der Waals surface area contributed by atoms with Crippen LogP contribution in [0, 0.1) is 11.3 Å². The molecule has 2 unspecified atom stereocenters. The van der Waals surface area contributed by atoms with Crippen molar-refractivity contribution in [2.45, 2.75) is 32.7 Å². The third-order valence-corrected chi connectivity index (χ3v) is 3.69. The first-order chi connectivity index (χ1) is 8.39. The number of hydrogen-bond acceptors (Lipinski definition) is 4. The molecule has 0 spiro atoms. The molecule has 0 aromatic carbocycles. The average molecular weight is 258 g/mol. The minimum absolute atomic E-state index is 0.180. The van der Waals surface area contributed by atoms with Crippen molar-refractivity contribution in [3.63, 3.8) is 0 Å². The van der Waals surface area contributed by atoms with Gasteiger partial charge in [-0.15, -0.1) is 0 Å². The Hall–Kier alpha value is -1.14. The van der Waals surface area contributed by atoms with E-state index in [0.717, 1.165) is 25.9 Å². The second-order valence-electron chi connectivity index (χ2n) is 5.31. The molecular formula is C12H22N2O4. The van der Waals surface area contributed by atoms with Gasteiger partial charge in [-0.05, 0) is 31.8 Å². The van der Waals surface area contributed by atoms with E-state index < -0.39 is 24.0 Å². The highest BCUT2D eigenvalue weighted by molar-refractivity contribution is 5.87. The summed E-state index contributed by atoms with van der Waals surface area (Å²) in [5.41, 5.74) is -0.643. The molecular weight excluding hydrogens is 236 g/mol. The van der Waals surface area contributed by atoms with E-state index in [1.165, 1.54) is 0 Å². The summed E-state index contributed by atoms with van der Waals surface area (Å²) in [7, 11) is 0. The Morgan fingerprint density at radius 3 is 2.61 bits per heavy atom. The topological polar surface area (TPSA) is 98.7 Å². The van der Waals surface area contributed by atoms with Gasteiger partial charge >= 0.3 is 5.97 Å². The number of aliphatic hydroxyl groups is 1. The van der Waals surface area contributed by atoms with Crippen LogP contribution in [0.2, 0.25) is 0 Å². The van der Waals surface area contributed by atoms with Gasteiger partial charge in [0.05, 0.1) is 6.61 Å². The number of rotatable bonds is 5. The molecule has 2 atom stereocenters. The van der Waals surface area contributed by atoms with E-state index in [9.17, 15) is 9.59 Å². The number of piperidine rings is 1. The summed E-state index contributed by atoms with van der Waals surface area (Å²) in [4.78, 5) is 22.9. The van der Waals surface area contributed by atoms with Crippen LogP contribution in [0.4, 0.5) is 0 Å². The first kappa shape index (κ1) is 14.9. The van der Waals surface area contributed by atoms with Crippen LogP contribution in [0.5, 0.6) is 0 Å². The highest BCUT2D eigenvalue weighted by Gasteiger charge is 2.38. The smallest absolute Gasteiger partial charge is 0.328 e. The average Bonchev–Trinajstić information content (AvgIpc) is 2.36. The number of hydrogen-bond donors (Lipinski definition) is 4. The lowest BCUT2D eigenvalue weighted by Crippen LogP contribution is -2.52. The van der Waals surface area contributed by atoms with E-state index in [1.54, 1.807) is 0 Å². The normalized spacial score (nSPS) is 22.3. The standard InChI is InChI=1S/C12H22N2O4/c1-12(2,8-4-3-5-13-6-8)11(18)14-9(7-15)10(16)17/h8-9,13,15H,3-7H2,1-2H3,(H,14,18)(H,16,17). The van der Waals surface area contributed by atoms with Gasteiger partial charge < -0.3 is 20.8 Å². The van der Waals surface area contributed by atoms with Gasteiger partial charge in [0.2, 0.25) is 5.91 Å². The van der Waals surface area contributed by atoms with Crippen LogP contribution in [0.3, 0.4) is 0 Å². The van der Waals surface area contributed by atoms with Crippen LogP contribution >= 0.6 is 0 Å². The Kier molecular flexibility index (Phi) is 5.10. The maximum absolute atomic E-state index is 12.1. The lowest BCUT2D eigenvalue weighted by Gasteiger charge is -2.36. The van der Waals surface area contributed by atoms with Gasteiger partial charge in [-0.2, -0.15) is 0 Å². The molecule has 1 amide bonds. The number of carbonyl (C=O) groups excluding carboxylic acids is 1. The molecule has 1 saturated heterocycles. The molecule has 0 aliphatic carbocycles. The third kappa shape index (κ3) is 3.43. The van der Waals surface area contributed by atoms with Crippen molar-refractivity contribution in [1.29, 1.82) is 0 Å². The first-order valence-corrected chi connectivity index (χ1v) is 6.25. The minimum Gasteiger partial charge on any atom is -0.480 e. The van der Waals surface area contributed by atoms with Crippen molar-refractivity contribution in [1.82, 2.24) is 10.6 Å². The van der Waals surface area contributed by atoms with Gasteiger partial charge in [-0.25, -0.2) is 4.79 Å². The molecule has 1 fully saturated rings. The molecule has 18 heavy (non-hydrogen) atoms. The Balaban J connectivity index is 2.65. The first-order valence-electron chi connectivity index (χ1n) is 6.25. The zero-order valence-corrected chi connectivity index (χ0v) is 10.9. The Morgan fingerprint density at radius 2 is 2.17 bits per heavy atom. The van der Waals surface area contributed by atoms with E-state index in [0.29, 0.717) is 0 Å². The molecule has 4 N–H and O–H groups in total. The molecule has 0 bridgehead atoms. The summed E-state index contributed by atoms with van der Waals surface area (Å²) >= 11 is 0. The van der Waals surface area contributed by atoms with Gasteiger partial charge in [0.15, 0.2) is 0 Å². The minimum atomic E-state index is -1.23. The van der Waals surface area contributed by atoms with E-state index in [4.69, 9.17) is 10.2 Å². The van der Waals surface area contributed by atoms with E-state index in [1.807, 2.05) is 13.8 Å². The molecule has 1 heterocycles. The Labute approximate surface area is 107 Å². The summed E-state index contributed by atoms with van der Waals surface area (Å²) in [6, 6.07) is -1.23. The predicted molar refractivity (Wildman–Crippen MR) is 66.0 cm³/mol. The lowest BCUT2D eigenvalue weighted by atomic mass is 9.74. The molecule has 0 aromatic rings. The molecule has 1 aliphatic heterocycles. The number of carboxylic acid groups (broad SMARTS) is 1. The number of carbonyl (C=O) groups is 2. The fourth-order valence-corrected chi connectivity index (χ4v) is 2.18. The largest absolute Gasteiger partial charge is 0.480 e. The summed E-state index contributed by atoms with van der Waals surface area (Å²) in [6.45, 7) is 4.76. The Morgan fingerprint density at radius 1 is 1.50 bits per heavy atom. The summed E-state index contributed by atoms with van der Waals surface area (Å²) < 4.78 is 0. The van der Waals surface area contributed by atoms with Gasteiger partial charge in [0, 0.05) is 5.41 Å². The summed E-state index contributed by atoms with van der Waals surface area (Å²) in [5, 5.41) is 23.4. The van der Waals surface area contributed by atoms with Gasteiger partial charge in [-0.1, -0.05) is 13.8 Å². The summed E-state index contributed by atoms with van der Waals surface area (Å²) in [5.74, 6) is -1.36. The third-order valence-electron chi connectivity index (χ3n) is 3.69. The molecule has 1 rings (SSSR count). The SMILES string of the molecule is CC(C)(C(=O)NC(CO)C(=O)O)C1CCCNC1. The van der Waals surface area contributed by atoms with Crippen LogP contribution in [-0.2, 0) is 9.59 Å². The van der Waals surface area contributed by atoms with Crippen molar-refractivity contribution >= 4 is 11.9 Å². The highest BCUT2D eigenvalue weighted by atomic mass is 16.4. The molecule has 0 radical (unpaired) electrons. The maximum atomic E-state index is 12.1. The highest BCUT2D eigenvalue weighted by Crippen LogP contribution is 2.31. The molecule has 0 aromatic heterocycles. The van der Waals surface area contributed by atoms with Gasteiger partial charge in [-0.3, -0.25) is 4.79 Å². The van der Waals surface area contributed by atoms with Crippen LogP contribution in [0.1, 0.15) is 26.7 Å². The number of aliphatic carboxylic acids is 1. The lowest BCUT2D eigenvalue weighted by molar-refractivity contribution is -0.145. The second kappa shape index (κ2) is 6.15. The fraction of sp³-hybridized carbons (Fsp3) is 0.833. The number of carboxylic acids is 1. The summed E-state index contributed by atoms with van der Waals surface area (Å²) in [6.07, 6.45) is 1.97. The van der Waals surface area contributed by atoms with Crippen LogP contribution in [-0.4, -0.2) is 47.8 Å². The zero-order valence-electron chi connectivity index (χ0n) is 10.9. The number of amides is 1. The molecule has 6 heteroatoms. The van der Waals surface area contributed by atoms with Crippen molar-refractivity contribution in [2.75, 3.05) is 19.7 Å². The molecule has 1 aliphatic rings. The molecule has 6 nitrogen and oxygen atoms in total. The van der Waals surface area contributed by atoms with Crippen molar-refractivity contribution < 1.29 is 19.8 Å². The van der Waals surface area contributed by atoms with Crippen molar-refractivity contribution in [3.05, 3.63) is 0 Å². The predicted octanol–water partition coefficient (Wildman–Crippen LogP) is -0.426. The van der Waals surface area contributed by atoms with Gasteiger partial charge in [0.25, 0.3) is 0 Å². The van der Waals surface area contributed by atoms with Crippen LogP contribution < -0.4 is 10.6 Å². The van der Waals surface area contributed by atoms with E-state index >= 15 is 0 Å². The maximum Gasteiger partial charge on any atom is 0.328 e. The Bertz CT molecular complexity index is 311. The van der Waals surface area contributed by atoms with Crippen molar-refractivity contribution in [2.24, 2.45) is 11.3 Å². The van der Waals surface area contributed by atoms with Crippen LogP contribution in [0.25, 0.3) is 0 Å². The van der Waals surface area contributed by atoms with Gasteiger partial charge in [0.1, 0.15) is 6.04 Å². The van der Waals surface area contributed by atoms with E-state index in [-0.39, 0.29) is 11.8 Å². The second-order valence-corrected chi connectivity index (χ2v) is 5.31. The van der Waals surface area contributed by atoms with Crippen molar-refractivity contribution in [3.8, 4) is 0 Å². The van der Waals surface area contributed by atoms with E-state index in [2.05, 4.69) is 10.6 Å². The molecule has 104 valence electrons. The van der Waals surface area contributed by atoms with Crippen LogP contribution in [0.15, 0.2) is 0 Å². The quantitative estimate of drug-likeness (QED) is 0.536. The monoisotopic (exact) mass is 258 g/mol. The fourth-order valence-electron chi connectivity index (χ4n) is 2.18. The number of aliphatic hydroxyl groups excluding tert-OH is 1. The zero-order chi connectivity index (χ0) is 13.8. The molecule has 0 saturated carbocycles. The number of nitrogens with one attached hydrogen (secondary N) is 2.